The number of rotatable bonds is 3. The highest BCUT2D eigenvalue weighted by molar-refractivity contribution is 9.10. The van der Waals surface area contributed by atoms with Crippen LogP contribution < -0.4 is 4.74 Å². The summed E-state index contributed by atoms with van der Waals surface area (Å²) < 4.78 is 6.13. The van der Waals surface area contributed by atoms with Crippen molar-refractivity contribution in [2.45, 2.75) is 6.92 Å². The van der Waals surface area contributed by atoms with Crippen LogP contribution in [-0.2, 0) is 4.79 Å². The molecule has 0 spiro atoms. The molecule has 0 aliphatic carbocycles. The lowest BCUT2D eigenvalue weighted by Gasteiger charge is -2.06. The molecule has 0 aliphatic rings. The highest BCUT2D eigenvalue weighted by Gasteiger charge is 2.02. The maximum atomic E-state index is 10.4. The first kappa shape index (κ1) is 10.5. The number of aryl methyl sites for hydroxylation is 1. The molecule has 70 valence electrons. The summed E-state index contributed by atoms with van der Waals surface area (Å²) >= 11 is 8.47. The van der Waals surface area contributed by atoms with E-state index < -0.39 is 5.24 Å². The van der Waals surface area contributed by atoms with Crippen molar-refractivity contribution in [3.63, 3.8) is 0 Å². The minimum absolute atomic E-state index is 0.0932. The fourth-order valence-electron chi connectivity index (χ4n) is 0.909. The van der Waals surface area contributed by atoms with Gasteiger partial charge in [-0.05, 0) is 42.3 Å². The van der Waals surface area contributed by atoms with E-state index in [0.717, 1.165) is 10.0 Å². The maximum absolute atomic E-state index is 10.4. The molecule has 0 N–H and O–H groups in total. The Balaban J connectivity index is 2.72. The highest BCUT2D eigenvalue weighted by atomic mass is 79.9. The van der Waals surface area contributed by atoms with Crippen molar-refractivity contribution in [1.82, 2.24) is 0 Å². The number of carbonyl (C=O) groups is 1. The first-order valence-corrected chi connectivity index (χ1v) is 4.84. The summed E-state index contributed by atoms with van der Waals surface area (Å²) in [4.78, 5) is 10.4. The third-order valence-corrected chi connectivity index (χ3v) is 2.08. The van der Waals surface area contributed by atoms with E-state index in [2.05, 4.69) is 15.9 Å². The standard InChI is InChI=1S/C9H8BrClO2/c1-6-4-7(10)2-3-8(6)13-5-9(11)12/h2-4H,5H2,1H3. The molecular weight excluding hydrogens is 255 g/mol. The Bertz CT molecular complexity index is 325. The van der Waals surface area contributed by atoms with E-state index in [1.54, 1.807) is 6.07 Å². The summed E-state index contributed by atoms with van der Waals surface area (Å²) in [7, 11) is 0. The largest absolute Gasteiger partial charge is 0.484 e. The minimum atomic E-state index is -0.498. The number of ether oxygens (including phenoxy) is 1. The van der Waals surface area contributed by atoms with E-state index >= 15 is 0 Å². The van der Waals surface area contributed by atoms with E-state index in [1.807, 2.05) is 19.1 Å². The van der Waals surface area contributed by atoms with Gasteiger partial charge in [0.05, 0.1) is 0 Å². The predicted octanol–water partition coefficient (Wildman–Crippen LogP) is 2.90. The number of benzene rings is 1. The monoisotopic (exact) mass is 262 g/mol. The van der Waals surface area contributed by atoms with Crippen molar-refractivity contribution >= 4 is 32.8 Å². The molecule has 4 heteroatoms. The van der Waals surface area contributed by atoms with Crippen molar-refractivity contribution in [2.24, 2.45) is 0 Å². The van der Waals surface area contributed by atoms with Crippen LogP contribution in [0, 0.1) is 6.92 Å². The average molecular weight is 264 g/mol. The van der Waals surface area contributed by atoms with Crippen LogP contribution in [0.4, 0.5) is 0 Å². The first-order valence-electron chi connectivity index (χ1n) is 3.67. The fourth-order valence-corrected chi connectivity index (χ4v) is 1.44. The summed E-state index contributed by atoms with van der Waals surface area (Å²) in [6.45, 7) is 1.81. The van der Waals surface area contributed by atoms with Crippen LogP contribution in [0.5, 0.6) is 5.75 Å². The Morgan fingerprint density at radius 3 is 2.85 bits per heavy atom. The van der Waals surface area contributed by atoms with Gasteiger partial charge in [-0.1, -0.05) is 15.9 Å². The van der Waals surface area contributed by atoms with Gasteiger partial charge in [-0.3, -0.25) is 4.79 Å². The van der Waals surface area contributed by atoms with E-state index in [4.69, 9.17) is 16.3 Å². The van der Waals surface area contributed by atoms with Crippen molar-refractivity contribution in [1.29, 1.82) is 0 Å². The first-order chi connectivity index (χ1) is 6.09. The molecular formula is C9H8BrClO2. The van der Waals surface area contributed by atoms with Crippen molar-refractivity contribution in [2.75, 3.05) is 6.61 Å². The topological polar surface area (TPSA) is 26.3 Å². The van der Waals surface area contributed by atoms with Crippen molar-refractivity contribution in [3.05, 3.63) is 28.2 Å². The Kier molecular flexibility index (Phi) is 3.75. The SMILES string of the molecule is Cc1cc(Br)ccc1OCC(=O)Cl. The summed E-state index contributed by atoms with van der Waals surface area (Å²) in [5.41, 5.74) is 0.965. The molecule has 0 radical (unpaired) electrons. The number of carbonyl (C=O) groups excluding carboxylic acids is 1. The molecule has 0 aromatic heterocycles. The summed E-state index contributed by atoms with van der Waals surface area (Å²) in [6.07, 6.45) is 0. The smallest absolute Gasteiger partial charge is 0.259 e. The summed E-state index contributed by atoms with van der Waals surface area (Å²) in [6, 6.07) is 5.55. The van der Waals surface area contributed by atoms with Gasteiger partial charge in [0.2, 0.25) is 0 Å². The molecule has 0 saturated heterocycles. The average Bonchev–Trinajstić information content (AvgIpc) is 2.02. The molecule has 0 unspecified atom stereocenters. The van der Waals surface area contributed by atoms with E-state index in [9.17, 15) is 4.79 Å². The van der Waals surface area contributed by atoms with Crippen LogP contribution in [0.1, 0.15) is 5.56 Å². The molecule has 0 saturated carbocycles. The number of halogens is 2. The molecule has 0 heterocycles. The maximum Gasteiger partial charge on any atom is 0.259 e. The Morgan fingerprint density at radius 1 is 1.62 bits per heavy atom. The normalized spacial score (nSPS) is 9.77. The minimum Gasteiger partial charge on any atom is -0.484 e. The number of hydrogen-bond donors (Lipinski definition) is 0. The van der Waals surface area contributed by atoms with Crippen LogP contribution in [-0.4, -0.2) is 11.8 Å². The second-order valence-electron chi connectivity index (χ2n) is 2.55. The predicted molar refractivity (Wildman–Crippen MR) is 55.2 cm³/mol. The van der Waals surface area contributed by atoms with Crippen LogP contribution >= 0.6 is 27.5 Å². The lowest BCUT2D eigenvalue weighted by Crippen LogP contribution is -2.05. The van der Waals surface area contributed by atoms with Gasteiger partial charge in [-0.2, -0.15) is 0 Å². The Morgan fingerprint density at radius 2 is 2.31 bits per heavy atom. The van der Waals surface area contributed by atoms with Crippen LogP contribution in [0.15, 0.2) is 22.7 Å². The molecule has 1 aromatic carbocycles. The molecule has 0 bridgehead atoms. The lowest BCUT2D eigenvalue weighted by molar-refractivity contribution is -0.113. The third kappa shape index (κ3) is 3.36. The fraction of sp³-hybridized carbons (Fsp3) is 0.222. The van der Waals surface area contributed by atoms with Crippen LogP contribution in [0.3, 0.4) is 0 Å². The van der Waals surface area contributed by atoms with Crippen molar-refractivity contribution < 1.29 is 9.53 Å². The zero-order valence-electron chi connectivity index (χ0n) is 7.01. The summed E-state index contributed by atoms with van der Waals surface area (Å²) in [5.74, 6) is 0.678. The quantitative estimate of drug-likeness (QED) is 0.784. The van der Waals surface area contributed by atoms with E-state index in [1.165, 1.54) is 0 Å². The molecule has 0 fully saturated rings. The highest BCUT2D eigenvalue weighted by Crippen LogP contribution is 2.21. The van der Waals surface area contributed by atoms with Gasteiger partial charge >= 0.3 is 0 Å². The second-order valence-corrected chi connectivity index (χ2v) is 3.89. The van der Waals surface area contributed by atoms with Crippen molar-refractivity contribution in [3.8, 4) is 5.75 Å². The zero-order valence-corrected chi connectivity index (χ0v) is 9.35. The Labute approximate surface area is 90.0 Å². The molecule has 0 atom stereocenters. The molecule has 13 heavy (non-hydrogen) atoms. The van der Waals surface area contributed by atoms with Crippen LogP contribution in [0.25, 0.3) is 0 Å². The van der Waals surface area contributed by atoms with Gasteiger partial charge in [-0.25, -0.2) is 0 Å². The van der Waals surface area contributed by atoms with Gasteiger partial charge in [-0.15, -0.1) is 0 Å². The van der Waals surface area contributed by atoms with Gasteiger partial charge in [0.1, 0.15) is 5.75 Å². The second kappa shape index (κ2) is 4.63. The summed E-state index contributed by atoms with van der Waals surface area (Å²) in [5, 5.41) is -0.498. The number of hydrogen-bond acceptors (Lipinski definition) is 2. The zero-order chi connectivity index (χ0) is 9.84. The van der Waals surface area contributed by atoms with Gasteiger partial charge in [0.15, 0.2) is 6.61 Å². The molecule has 2 nitrogen and oxygen atoms in total. The van der Waals surface area contributed by atoms with Gasteiger partial charge < -0.3 is 4.74 Å². The van der Waals surface area contributed by atoms with E-state index in [-0.39, 0.29) is 6.61 Å². The molecule has 1 aromatic rings. The Hall–Kier alpha value is -0.540. The van der Waals surface area contributed by atoms with Gasteiger partial charge in [0.25, 0.3) is 5.24 Å². The molecule has 0 aliphatic heterocycles. The molecule has 1 rings (SSSR count). The van der Waals surface area contributed by atoms with Gasteiger partial charge in [0, 0.05) is 4.47 Å². The lowest BCUT2D eigenvalue weighted by atomic mass is 10.2. The molecule has 0 amide bonds. The third-order valence-electron chi connectivity index (χ3n) is 1.48. The van der Waals surface area contributed by atoms with Crippen LogP contribution in [0.2, 0.25) is 0 Å². The van der Waals surface area contributed by atoms with E-state index in [0.29, 0.717) is 5.75 Å².